The van der Waals surface area contributed by atoms with E-state index in [0.717, 1.165) is 11.8 Å². The summed E-state index contributed by atoms with van der Waals surface area (Å²) in [6.07, 6.45) is 6.17. The molecule has 35 heavy (non-hydrogen) atoms. The van der Waals surface area contributed by atoms with E-state index >= 15 is 0 Å². The third-order valence-electron chi connectivity index (χ3n) is 7.61. The highest BCUT2D eigenvalue weighted by molar-refractivity contribution is 8.00. The van der Waals surface area contributed by atoms with E-state index in [1.54, 1.807) is 13.8 Å². The summed E-state index contributed by atoms with van der Waals surface area (Å²) in [4.78, 5) is 37.5. The van der Waals surface area contributed by atoms with Crippen LogP contribution in [0.1, 0.15) is 77.3 Å². The molecule has 1 aromatic heterocycles. The SMILES string of the molecule is CC(C)Sc1c(OCC(C)(C)C(=O)N[C@@H](C)C(=O)O)noc1C(=O)NC1C2CC3CC(C2)CC1C3. The number of amides is 2. The first-order valence-corrected chi connectivity index (χ1v) is 13.5. The monoisotopic (exact) mass is 507 g/mol. The van der Waals surface area contributed by atoms with Crippen molar-refractivity contribution < 1.29 is 28.8 Å². The van der Waals surface area contributed by atoms with Crippen LogP contribution >= 0.6 is 11.8 Å². The van der Waals surface area contributed by atoms with E-state index in [1.807, 2.05) is 13.8 Å². The van der Waals surface area contributed by atoms with E-state index in [4.69, 9.17) is 14.4 Å². The summed E-state index contributed by atoms with van der Waals surface area (Å²) in [7, 11) is 0. The van der Waals surface area contributed by atoms with E-state index in [9.17, 15) is 14.4 Å². The van der Waals surface area contributed by atoms with Crippen LogP contribution in [0.4, 0.5) is 0 Å². The Balaban J connectivity index is 1.44. The molecule has 0 saturated heterocycles. The Bertz CT molecular complexity index is 946. The van der Waals surface area contributed by atoms with Crippen molar-refractivity contribution in [1.82, 2.24) is 15.8 Å². The van der Waals surface area contributed by atoms with Gasteiger partial charge in [0.05, 0.1) is 5.41 Å². The number of rotatable bonds is 10. The van der Waals surface area contributed by atoms with Crippen molar-refractivity contribution in [3.63, 3.8) is 0 Å². The lowest BCUT2D eigenvalue weighted by atomic mass is 9.54. The molecule has 4 bridgehead atoms. The zero-order valence-corrected chi connectivity index (χ0v) is 21.9. The van der Waals surface area contributed by atoms with Crippen LogP contribution in [0.3, 0.4) is 0 Å². The van der Waals surface area contributed by atoms with Gasteiger partial charge < -0.3 is 25.0 Å². The number of aliphatic carboxylic acids is 1. The Kier molecular flexibility index (Phi) is 7.41. The maximum atomic E-state index is 13.3. The molecule has 3 N–H and O–H groups in total. The zero-order valence-electron chi connectivity index (χ0n) is 21.1. The van der Waals surface area contributed by atoms with Gasteiger partial charge in [0.2, 0.25) is 11.7 Å². The van der Waals surface area contributed by atoms with Crippen molar-refractivity contribution in [3.05, 3.63) is 5.76 Å². The van der Waals surface area contributed by atoms with E-state index < -0.39 is 23.3 Å². The second kappa shape index (κ2) is 10.0. The molecular weight excluding hydrogens is 470 g/mol. The van der Waals surface area contributed by atoms with Crippen LogP contribution in [0.2, 0.25) is 0 Å². The van der Waals surface area contributed by atoms with Gasteiger partial charge in [0.15, 0.2) is 0 Å². The number of hydrogen-bond acceptors (Lipinski definition) is 7. The fraction of sp³-hybridized carbons (Fsp3) is 0.760. The van der Waals surface area contributed by atoms with Crippen molar-refractivity contribution in [2.24, 2.45) is 29.1 Å². The Morgan fingerprint density at radius 3 is 2.26 bits per heavy atom. The molecule has 1 aromatic rings. The van der Waals surface area contributed by atoms with Crippen molar-refractivity contribution in [3.8, 4) is 5.88 Å². The summed E-state index contributed by atoms with van der Waals surface area (Å²) >= 11 is 1.43. The smallest absolute Gasteiger partial charge is 0.325 e. The normalized spacial score (nSPS) is 28.1. The second-order valence-corrected chi connectivity index (χ2v) is 13.0. The Morgan fingerprint density at radius 1 is 1.11 bits per heavy atom. The van der Waals surface area contributed by atoms with Gasteiger partial charge in [-0.2, -0.15) is 0 Å². The molecule has 0 spiro atoms. The quantitative estimate of drug-likeness (QED) is 0.409. The molecule has 0 aromatic carbocycles. The number of carboxylic acids is 1. The topological polar surface area (TPSA) is 131 Å². The van der Waals surface area contributed by atoms with Gasteiger partial charge in [-0.15, -0.1) is 11.8 Å². The molecule has 4 aliphatic carbocycles. The maximum absolute atomic E-state index is 13.3. The lowest BCUT2D eigenvalue weighted by molar-refractivity contribution is -0.143. The van der Waals surface area contributed by atoms with Crippen LogP contribution in [0.15, 0.2) is 9.42 Å². The summed E-state index contributed by atoms with van der Waals surface area (Å²) in [5.74, 6) is 1.22. The highest BCUT2D eigenvalue weighted by atomic mass is 32.2. The summed E-state index contributed by atoms with van der Waals surface area (Å²) in [5.41, 5.74) is -1.02. The van der Waals surface area contributed by atoms with Gasteiger partial charge in [-0.1, -0.05) is 13.8 Å². The Labute approximate surface area is 210 Å². The first kappa shape index (κ1) is 25.9. The number of nitrogens with zero attached hydrogens (tertiary/aromatic N) is 1. The standard InChI is InChI=1S/C25H37N3O6S/c1-12(2)35-20-19(21(29)27-18-16-7-14-6-15(9-16)10-17(18)8-14)34-28-22(20)33-11-25(4,5)24(32)26-13(3)23(30)31/h12-18H,6-11H2,1-5H3,(H,26,32)(H,27,29)(H,30,31)/t13-,14?,15?,16?,17?,18?/m0/s1. The van der Waals surface area contributed by atoms with Crippen LogP contribution in [0.25, 0.3) is 0 Å². The molecule has 4 aliphatic rings. The Morgan fingerprint density at radius 2 is 1.71 bits per heavy atom. The minimum Gasteiger partial charge on any atom is -0.480 e. The molecule has 1 atom stereocenters. The predicted octanol–water partition coefficient (Wildman–Crippen LogP) is 3.72. The molecule has 4 saturated carbocycles. The van der Waals surface area contributed by atoms with Gasteiger partial charge in [0.25, 0.3) is 11.8 Å². The van der Waals surface area contributed by atoms with Crippen molar-refractivity contribution >= 4 is 29.5 Å². The molecule has 2 amide bonds. The molecule has 9 nitrogen and oxygen atoms in total. The molecule has 4 fully saturated rings. The van der Waals surface area contributed by atoms with Crippen molar-refractivity contribution in [2.75, 3.05) is 6.61 Å². The molecule has 1 heterocycles. The highest BCUT2D eigenvalue weighted by Gasteiger charge is 2.49. The van der Waals surface area contributed by atoms with Gasteiger partial charge in [-0.05, 0) is 81.7 Å². The van der Waals surface area contributed by atoms with Crippen LogP contribution in [-0.2, 0) is 9.59 Å². The first-order chi connectivity index (χ1) is 16.4. The fourth-order valence-electron chi connectivity index (χ4n) is 5.99. The predicted molar refractivity (Wildman–Crippen MR) is 130 cm³/mol. The van der Waals surface area contributed by atoms with Crippen LogP contribution in [0, 0.1) is 29.1 Å². The minimum absolute atomic E-state index is 0.0556. The van der Waals surface area contributed by atoms with Crippen molar-refractivity contribution in [2.45, 2.75) is 89.0 Å². The average molecular weight is 508 g/mol. The number of carbonyl (C=O) groups is 3. The van der Waals surface area contributed by atoms with Gasteiger partial charge in [0, 0.05) is 11.3 Å². The largest absolute Gasteiger partial charge is 0.480 e. The summed E-state index contributed by atoms with van der Waals surface area (Å²) in [6, 6.07) is -0.832. The van der Waals surface area contributed by atoms with E-state index in [1.165, 1.54) is 50.8 Å². The van der Waals surface area contributed by atoms with Crippen LogP contribution in [0.5, 0.6) is 5.88 Å². The van der Waals surface area contributed by atoms with Crippen LogP contribution in [-0.4, -0.2) is 52.0 Å². The van der Waals surface area contributed by atoms with E-state index in [2.05, 4.69) is 15.8 Å². The number of thioether (sulfide) groups is 1. The van der Waals surface area contributed by atoms with Gasteiger partial charge in [0.1, 0.15) is 17.5 Å². The van der Waals surface area contributed by atoms with E-state index in [-0.39, 0.29) is 35.4 Å². The third kappa shape index (κ3) is 5.62. The number of nitrogens with one attached hydrogen (secondary N) is 2. The number of ether oxygens (including phenoxy) is 1. The first-order valence-electron chi connectivity index (χ1n) is 12.6. The summed E-state index contributed by atoms with van der Waals surface area (Å²) < 4.78 is 11.4. The summed E-state index contributed by atoms with van der Waals surface area (Å²) in [5, 5.41) is 19.0. The van der Waals surface area contributed by atoms with Gasteiger partial charge in [-0.3, -0.25) is 14.4 Å². The lowest BCUT2D eigenvalue weighted by Crippen LogP contribution is -2.55. The average Bonchev–Trinajstić information content (AvgIpc) is 3.16. The molecular formula is C25H37N3O6S. The number of hydrogen-bond donors (Lipinski definition) is 3. The zero-order chi connectivity index (χ0) is 25.5. The molecule has 0 radical (unpaired) electrons. The lowest BCUT2D eigenvalue weighted by Gasteiger charge is -2.54. The Hall–Kier alpha value is -2.23. The number of aromatic nitrogens is 1. The minimum atomic E-state index is -1.11. The third-order valence-corrected chi connectivity index (χ3v) is 8.67. The molecule has 194 valence electrons. The molecule has 10 heteroatoms. The molecule has 5 rings (SSSR count). The summed E-state index contributed by atoms with van der Waals surface area (Å²) in [6.45, 7) is 8.68. The van der Waals surface area contributed by atoms with Gasteiger partial charge >= 0.3 is 5.97 Å². The molecule has 0 unspecified atom stereocenters. The maximum Gasteiger partial charge on any atom is 0.325 e. The number of carboxylic acid groups (broad SMARTS) is 1. The van der Waals surface area contributed by atoms with Crippen LogP contribution < -0.4 is 15.4 Å². The van der Waals surface area contributed by atoms with E-state index in [0.29, 0.717) is 16.7 Å². The highest BCUT2D eigenvalue weighted by Crippen LogP contribution is 2.53. The fourth-order valence-corrected chi connectivity index (χ4v) is 6.89. The second-order valence-electron chi connectivity index (χ2n) is 11.4. The number of carbonyl (C=O) groups excluding carboxylic acids is 2. The molecule has 0 aliphatic heterocycles. The van der Waals surface area contributed by atoms with Gasteiger partial charge in [-0.25, -0.2) is 0 Å². The van der Waals surface area contributed by atoms with Crippen molar-refractivity contribution in [1.29, 1.82) is 0 Å².